The van der Waals surface area contributed by atoms with Crippen LogP contribution in [0, 0.1) is 13.8 Å². The topological polar surface area (TPSA) is 32.8 Å². The molecule has 0 saturated carbocycles. The van der Waals surface area contributed by atoms with Crippen LogP contribution in [0.2, 0.25) is 0 Å². The Morgan fingerprint density at radius 2 is 1.89 bits per heavy atom. The average Bonchev–Trinajstić information content (AvgIpc) is 2.65. The van der Waals surface area contributed by atoms with Gasteiger partial charge in [-0.25, -0.2) is 4.79 Å². The fourth-order valence-electron chi connectivity index (χ4n) is 2.86. The molecule has 0 aromatic heterocycles. The van der Waals surface area contributed by atoms with Gasteiger partial charge < -0.3 is 14.5 Å². The number of nitrogens with zero attached hydrogens (tertiary/aromatic N) is 2. The zero-order valence-corrected chi connectivity index (χ0v) is 12.4. The van der Waals surface area contributed by atoms with Gasteiger partial charge in [-0.15, -0.1) is 0 Å². The number of benzene rings is 1. The highest BCUT2D eigenvalue weighted by atomic mass is 16.5. The quantitative estimate of drug-likeness (QED) is 0.839. The van der Waals surface area contributed by atoms with Crippen LogP contribution in [0.15, 0.2) is 12.1 Å². The Morgan fingerprint density at radius 3 is 2.32 bits per heavy atom. The van der Waals surface area contributed by atoms with E-state index in [9.17, 15) is 4.79 Å². The number of hydrogen-bond acceptors (Lipinski definition) is 2. The molecule has 2 amide bonds. The smallest absolute Gasteiger partial charge is 0.320 e. The van der Waals surface area contributed by atoms with E-state index < -0.39 is 0 Å². The van der Waals surface area contributed by atoms with E-state index in [1.54, 1.807) is 7.11 Å². The summed E-state index contributed by atoms with van der Waals surface area (Å²) in [6.07, 6.45) is 0. The van der Waals surface area contributed by atoms with Gasteiger partial charge >= 0.3 is 6.03 Å². The van der Waals surface area contributed by atoms with Gasteiger partial charge in [-0.1, -0.05) is 12.1 Å². The number of urea groups is 1. The third kappa shape index (κ3) is 2.27. The average molecular weight is 262 g/mol. The Balaban J connectivity index is 2.36. The van der Waals surface area contributed by atoms with Crippen molar-refractivity contribution in [2.24, 2.45) is 0 Å². The largest absolute Gasteiger partial charge is 0.496 e. The molecular formula is C15H22N2O2. The Labute approximate surface area is 115 Å². The predicted molar refractivity (Wildman–Crippen MR) is 75.6 cm³/mol. The highest BCUT2D eigenvalue weighted by molar-refractivity contribution is 5.77. The minimum Gasteiger partial charge on any atom is -0.496 e. The van der Waals surface area contributed by atoms with Crippen molar-refractivity contribution >= 4 is 6.03 Å². The first-order valence-electron chi connectivity index (χ1n) is 6.66. The summed E-state index contributed by atoms with van der Waals surface area (Å²) in [5, 5.41) is 0. The summed E-state index contributed by atoms with van der Waals surface area (Å²) in [5.74, 6) is 0.933. The number of aryl methyl sites for hydroxylation is 2. The van der Waals surface area contributed by atoms with E-state index in [1.807, 2.05) is 37.6 Å². The third-order valence-corrected chi connectivity index (χ3v) is 3.89. The maximum atomic E-state index is 12.0. The number of amides is 2. The molecule has 0 radical (unpaired) electrons. The van der Waals surface area contributed by atoms with E-state index in [0.717, 1.165) is 30.0 Å². The normalized spacial score (nSPS) is 19.2. The number of carbonyl (C=O) groups is 1. The number of ether oxygens (including phenoxy) is 1. The molecule has 2 rings (SSSR count). The van der Waals surface area contributed by atoms with Crippen LogP contribution in [0.1, 0.15) is 29.7 Å². The van der Waals surface area contributed by atoms with E-state index in [4.69, 9.17) is 4.74 Å². The molecule has 1 aromatic carbocycles. The Bertz CT molecular complexity index is 476. The Morgan fingerprint density at radius 1 is 1.32 bits per heavy atom. The van der Waals surface area contributed by atoms with Crippen molar-refractivity contribution in [1.29, 1.82) is 0 Å². The standard InChI is InChI=1S/C15H22N2O2/c1-6-17-9-13(16(4)15(17)18)12-7-10(2)14(19-5)11(3)8-12/h7-8,13H,6,9H2,1-5H3. The molecule has 104 valence electrons. The van der Waals surface area contributed by atoms with Crippen LogP contribution in [-0.2, 0) is 0 Å². The molecule has 4 heteroatoms. The van der Waals surface area contributed by atoms with Gasteiger partial charge in [0.2, 0.25) is 0 Å². The summed E-state index contributed by atoms with van der Waals surface area (Å²) >= 11 is 0. The van der Waals surface area contributed by atoms with E-state index in [-0.39, 0.29) is 12.1 Å². The summed E-state index contributed by atoms with van der Waals surface area (Å²) in [4.78, 5) is 15.7. The number of rotatable bonds is 3. The molecule has 1 atom stereocenters. The van der Waals surface area contributed by atoms with E-state index in [1.165, 1.54) is 5.56 Å². The highest BCUT2D eigenvalue weighted by Crippen LogP contribution is 2.32. The van der Waals surface area contributed by atoms with E-state index in [0.29, 0.717) is 0 Å². The van der Waals surface area contributed by atoms with Crippen LogP contribution < -0.4 is 4.74 Å². The minimum absolute atomic E-state index is 0.110. The van der Waals surface area contributed by atoms with Gasteiger partial charge in [0.25, 0.3) is 0 Å². The lowest BCUT2D eigenvalue weighted by Gasteiger charge is -2.20. The first-order valence-corrected chi connectivity index (χ1v) is 6.66. The molecule has 1 aliphatic rings. The molecule has 1 aliphatic heterocycles. The zero-order chi connectivity index (χ0) is 14.2. The van der Waals surface area contributed by atoms with Crippen LogP contribution in [-0.4, -0.2) is 43.1 Å². The minimum atomic E-state index is 0.110. The fourth-order valence-corrected chi connectivity index (χ4v) is 2.86. The lowest BCUT2D eigenvalue weighted by Crippen LogP contribution is -2.29. The predicted octanol–water partition coefficient (Wildman–Crippen LogP) is 2.74. The summed E-state index contributed by atoms with van der Waals surface area (Å²) in [5.41, 5.74) is 3.42. The van der Waals surface area contributed by atoms with Gasteiger partial charge in [-0.05, 0) is 37.5 Å². The van der Waals surface area contributed by atoms with Gasteiger partial charge in [0.05, 0.1) is 13.2 Å². The number of carbonyl (C=O) groups excluding carboxylic acids is 1. The molecule has 0 spiro atoms. The second-order valence-electron chi connectivity index (χ2n) is 5.14. The van der Waals surface area contributed by atoms with Crippen LogP contribution in [0.3, 0.4) is 0 Å². The summed E-state index contributed by atoms with van der Waals surface area (Å²) in [7, 11) is 3.57. The molecule has 1 aromatic rings. The second-order valence-corrected chi connectivity index (χ2v) is 5.14. The van der Waals surface area contributed by atoms with Gasteiger partial charge in [0.15, 0.2) is 0 Å². The van der Waals surface area contributed by atoms with Crippen molar-refractivity contribution in [3.63, 3.8) is 0 Å². The molecule has 0 bridgehead atoms. The maximum absolute atomic E-state index is 12.0. The number of hydrogen-bond donors (Lipinski definition) is 0. The maximum Gasteiger partial charge on any atom is 0.320 e. The zero-order valence-electron chi connectivity index (χ0n) is 12.4. The third-order valence-electron chi connectivity index (χ3n) is 3.89. The van der Waals surface area contributed by atoms with Crippen LogP contribution in [0.4, 0.5) is 4.79 Å². The molecule has 4 nitrogen and oxygen atoms in total. The first kappa shape index (κ1) is 13.7. The SMILES string of the molecule is CCN1CC(c2cc(C)c(OC)c(C)c2)N(C)C1=O. The summed E-state index contributed by atoms with van der Waals surface area (Å²) in [6, 6.07) is 4.49. The molecule has 0 N–H and O–H groups in total. The molecule has 1 saturated heterocycles. The molecule has 1 unspecified atom stereocenters. The summed E-state index contributed by atoms with van der Waals surface area (Å²) in [6.45, 7) is 7.62. The van der Waals surface area contributed by atoms with Crippen molar-refractivity contribution in [3.8, 4) is 5.75 Å². The Hall–Kier alpha value is -1.71. The van der Waals surface area contributed by atoms with E-state index in [2.05, 4.69) is 12.1 Å². The lowest BCUT2D eigenvalue weighted by molar-refractivity contribution is 0.197. The van der Waals surface area contributed by atoms with Crippen molar-refractivity contribution in [2.75, 3.05) is 27.2 Å². The van der Waals surface area contributed by atoms with Crippen molar-refractivity contribution in [3.05, 3.63) is 28.8 Å². The van der Waals surface area contributed by atoms with Gasteiger partial charge in [0, 0.05) is 20.1 Å². The second kappa shape index (κ2) is 5.11. The van der Waals surface area contributed by atoms with Crippen LogP contribution in [0.5, 0.6) is 5.75 Å². The van der Waals surface area contributed by atoms with Gasteiger partial charge in [-0.2, -0.15) is 0 Å². The van der Waals surface area contributed by atoms with Gasteiger partial charge in [-0.3, -0.25) is 0 Å². The van der Waals surface area contributed by atoms with Crippen molar-refractivity contribution < 1.29 is 9.53 Å². The molecule has 1 heterocycles. The number of methoxy groups -OCH3 is 1. The van der Waals surface area contributed by atoms with Gasteiger partial charge in [0.1, 0.15) is 5.75 Å². The van der Waals surface area contributed by atoms with Crippen LogP contribution >= 0.6 is 0 Å². The van der Waals surface area contributed by atoms with E-state index >= 15 is 0 Å². The molecule has 0 aliphatic carbocycles. The fraction of sp³-hybridized carbons (Fsp3) is 0.533. The number of likely N-dealkylation sites (N-methyl/N-ethyl adjacent to an activating group) is 2. The molecular weight excluding hydrogens is 240 g/mol. The van der Waals surface area contributed by atoms with Crippen molar-refractivity contribution in [1.82, 2.24) is 9.80 Å². The first-order chi connectivity index (χ1) is 8.99. The Kier molecular flexibility index (Phi) is 3.69. The summed E-state index contributed by atoms with van der Waals surface area (Å²) < 4.78 is 5.39. The van der Waals surface area contributed by atoms with Crippen molar-refractivity contribution in [2.45, 2.75) is 26.8 Å². The molecule has 19 heavy (non-hydrogen) atoms. The molecule has 1 fully saturated rings. The highest BCUT2D eigenvalue weighted by Gasteiger charge is 2.34. The van der Waals surface area contributed by atoms with Crippen LogP contribution in [0.25, 0.3) is 0 Å². The lowest BCUT2D eigenvalue weighted by atomic mass is 10.00. The monoisotopic (exact) mass is 262 g/mol.